The Bertz CT molecular complexity index is 1120. The second-order valence-corrected chi connectivity index (χ2v) is 7.18. The zero-order valence-electron chi connectivity index (χ0n) is 15.5. The standard InChI is InChI=1S/C19H18N4O5S/c1-11(18(26)21-9-12-5-4-8-29-12)28-15(24)10-23-19(27)14-7-3-2-6-13(14)16(22-23)17(20)25/h2-8,11H,9-10H2,1H3,(H2,20,25)(H,21,26). The lowest BCUT2D eigenvalue weighted by molar-refractivity contribution is -0.155. The van der Waals surface area contributed by atoms with Gasteiger partial charge in [-0.15, -0.1) is 11.3 Å². The Morgan fingerprint density at radius 3 is 2.59 bits per heavy atom. The van der Waals surface area contributed by atoms with Crippen LogP contribution in [0, 0.1) is 0 Å². The number of carbonyl (C=O) groups is 3. The Hall–Kier alpha value is -3.53. The van der Waals surface area contributed by atoms with Crippen molar-refractivity contribution in [2.75, 3.05) is 0 Å². The van der Waals surface area contributed by atoms with Gasteiger partial charge >= 0.3 is 5.97 Å². The van der Waals surface area contributed by atoms with Crippen molar-refractivity contribution in [2.24, 2.45) is 5.73 Å². The molecule has 150 valence electrons. The summed E-state index contributed by atoms with van der Waals surface area (Å²) >= 11 is 1.49. The number of aromatic nitrogens is 2. The maximum absolute atomic E-state index is 12.6. The van der Waals surface area contributed by atoms with Gasteiger partial charge in [-0.05, 0) is 24.4 Å². The SMILES string of the molecule is CC(OC(=O)Cn1nc(C(N)=O)c2ccccc2c1=O)C(=O)NCc1cccs1. The topological polar surface area (TPSA) is 133 Å². The largest absolute Gasteiger partial charge is 0.451 e. The Kier molecular flexibility index (Phi) is 6.03. The molecule has 1 atom stereocenters. The van der Waals surface area contributed by atoms with Gasteiger partial charge in [-0.25, -0.2) is 4.68 Å². The van der Waals surface area contributed by atoms with Gasteiger partial charge in [0.2, 0.25) is 0 Å². The molecule has 2 heterocycles. The number of rotatable bonds is 7. The fourth-order valence-electron chi connectivity index (χ4n) is 2.67. The van der Waals surface area contributed by atoms with Crippen LogP contribution in [0.25, 0.3) is 10.8 Å². The summed E-state index contributed by atoms with van der Waals surface area (Å²) in [5.74, 6) is -2.14. The second kappa shape index (κ2) is 8.65. The Morgan fingerprint density at radius 1 is 1.21 bits per heavy atom. The van der Waals surface area contributed by atoms with E-state index < -0.39 is 36.0 Å². The highest BCUT2D eigenvalue weighted by atomic mass is 32.1. The lowest BCUT2D eigenvalue weighted by atomic mass is 10.1. The van der Waals surface area contributed by atoms with Crippen molar-refractivity contribution in [3.05, 3.63) is 62.7 Å². The molecule has 10 heteroatoms. The first-order valence-corrected chi connectivity index (χ1v) is 9.54. The summed E-state index contributed by atoms with van der Waals surface area (Å²) in [6.45, 7) is 1.19. The van der Waals surface area contributed by atoms with Crippen LogP contribution in [-0.4, -0.2) is 33.7 Å². The number of benzene rings is 1. The smallest absolute Gasteiger partial charge is 0.328 e. The van der Waals surface area contributed by atoms with E-state index in [0.717, 1.165) is 9.56 Å². The fraction of sp³-hybridized carbons (Fsp3) is 0.211. The maximum atomic E-state index is 12.6. The Morgan fingerprint density at radius 2 is 1.93 bits per heavy atom. The van der Waals surface area contributed by atoms with Crippen molar-refractivity contribution in [1.82, 2.24) is 15.1 Å². The minimum Gasteiger partial charge on any atom is -0.451 e. The van der Waals surface area contributed by atoms with Gasteiger partial charge in [0.25, 0.3) is 17.4 Å². The van der Waals surface area contributed by atoms with Crippen molar-refractivity contribution >= 4 is 39.9 Å². The van der Waals surface area contributed by atoms with Crippen LogP contribution in [0.3, 0.4) is 0 Å². The van der Waals surface area contributed by atoms with Crippen LogP contribution in [0.1, 0.15) is 22.3 Å². The minimum atomic E-state index is -1.06. The molecule has 3 rings (SSSR count). The van der Waals surface area contributed by atoms with Crippen LogP contribution >= 0.6 is 11.3 Å². The number of esters is 1. The van der Waals surface area contributed by atoms with E-state index in [-0.39, 0.29) is 11.1 Å². The highest BCUT2D eigenvalue weighted by molar-refractivity contribution is 7.09. The summed E-state index contributed by atoms with van der Waals surface area (Å²) in [7, 11) is 0. The van der Waals surface area contributed by atoms with Crippen LogP contribution < -0.4 is 16.6 Å². The zero-order chi connectivity index (χ0) is 21.0. The predicted octanol–water partition coefficient (Wildman–Crippen LogP) is 0.805. The van der Waals surface area contributed by atoms with Crippen LogP contribution in [0.2, 0.25) is 0 Å². The molecule has 0 saturated carbocycles. The summed E-state index contributed by atoms with van der Waals surface area (Å²) in [6.07, 6.45) is -1.06. The molecule has 0 aliphatic heterocycles. The molecule has 0 aliphatic rings. The molecule has 9 nitrogen and oxygen atoms in total. The van der Waals surface area contributed by atoms with Crippen molar-refractivity contribution < 1.29 is 19.1 Å². The molecular formula is C19H18N4O5S. The zero-order valence-corrected chi connectivity index (χ0v) is 16.3. The molecule has 1 unspecified atom stereocenters. The van der Waals surface area contributed by atoms with Gasteiger partial charge in [-0.2, -0.15) is 5.10 Å². The van der Waals surface area contributed by atoms with Gasteiger partial charge in [0, 0.05) is 10.3 Å². The molecule has 0 radical (unpaired) electrons. The van der Waals surface area contributed by atoms with Gasteiger partial charge < -0.3 is 15.8 Å². The Balaban J connectivity index is 1.71. The number of nitrogens with one attached hydrogen (secondary N) is 1. The lowest BCUT2D eigenvalue weighted by Gasteiger charge is -2.14. The molecule has 1 aromatic carbocycles. The average molecular weight is 414 g/mol. The molecule has 2 aromatic heterocycles. The molecule has 3 N–H and O–H groups in total. The third-order valence-electron chi connectivity index (χ3n) is 4.07. The van der Waals surface area contributed by atoms with Gasteiger partial charge in [-0.1, -0.05) is 24.3 Å². The number of hydrogen-bond donors (Lipinski definition) is 2. The maximum Gasteiger partial charge on any atom is 0.328 e. The van der Waals surface area contributed by atoms with E-state index >= 15 is 0 Å². The minimum absolute atomic E-state index is 0.130. The van der Waals surface area contributed by atoms with Crippen molar-refractivity contribution in [3.8, 4) is 0 Å². The molecule has 29 heavy (non-hydrogen) atoms. The molecule has 0 aliphatic carbocycles. The summed E-state index contributed by atoms with van der Waals surface area (Å²) in [5, 5.41) is 8.94. The number of thiophene rings is 1. The first kappa shape index (κ1) is 20.2. The van der Waals surface area contributed by atoms with Crippen molar-refractivity contribution in [2.45, 2.75) is 26.1 Å². The van der Waals surface area contributed by atoms with E-state index in [4.69, 9.17) is 10.5 Å². The average Bonchev–Trinajstić information content (AvgIpc) is 3.21. The molecule has 0 bridgehead atoms. The van der Waals surface area contributed by atoms with Gasteiger partial charge in [0.15, 0.2) is 11.8 Å². The first-order valence-electron chi connectivity index (χ1n) is 8.66. The third-order valence-corrected chi connectivity index (χ3v) is 4.95. The Labute approximate surface area is 169 Å². The van der Waals surface area contributed by atoms with Crippen LogP contribution in [0.15, 0.2) is 46.6 Å². The summed E-state index contributed by atoms with van der Waals surface area (Å²) in [5.41, 5.74) is 4.64. The number of fused-ring (bicyclic) bond motifs is 1. The quantitative estimate of drug-likeness (QED) is 0.550. The van der Waals surface area contributed by atoms with E-state index in [1.807, 2.05) is 17.5 Å². The molecule has 2 amide bonds. The summed E-state index contributed by atoms with van der Waals surface area (Å²) < 4.78 is 5.90. The molecular weight excluding hydrogens is 396 g/mol. The fourth-order valence-corrected chi connectivity index (χ4v) is 3.31. The number of carbonyl (C=O) groups excluding carboxylic acids is 3. The second-order valence-electron chi connectivity index (χ2n) is 6.15. The van der Waals surface area contributed by atoms with Crippen molar-refractivity contribution in [1.29, 1.82) is 0 Å². The first-order chi connectivity index (χ1) is 13.9. The number of primary amides is 1. The molecule has 0 spiro atoms. The predicted molar refractivity (Wildman–Crippen MR) is 106 cm³/mol. The summed E-state index contributed by atoms with van der Waals surface area (Å²) in [6, 6.07) is 10.1. The van der Waals surface area contributed by atoms with Gasteiger partial charge in [0.05, 0.1) is 11.9 Å². The summed E-state index contributed by atoms with van der Waals surface area (Å²) in [4.78, 5) is 49.5. The highest BCUT2D eigenvalue weighted by Crippen LogP contribution is 2.12. The molecule has 0 saturated heterocycles. The van der Waals surface area contributed by atoms with E-state index in [1.54, 1.807) is 18.2 Å². The van der Waals surface area contributed by atoms with Gasteiger partial charge in [-0.3, -0.25) is 19.2 Å². The lowest BCUT2D eigenvalue weighted by Crippen LogP contribution is -2.37. The van der Waals surface area contributed by atoms with E-state index in [0.29, 0.717) is 11.9 Å². The van der Waals surface area contributed by atoms with Crippen LogP contribution in [0.4, 0.5) is 0 Å². The molecule has 0 fully saturated rings. The number of nitrogens with two attached hydrogens (primary N) is 1. The highest BCUT2D eigenvalue weighted by Gasteiger charge is 2.20. The van der Waals surface area contributed by atoms with Crippen LogP contribution in [0.5, 0.6) is 0 Å². The number of amides is 2. The third kappa shape index (κ3) is 4.66. The monoisotopic (exact) mass is 414 g/mol. The molecule has 3 aromatic rings. The van der Waals surface area contributed by atoms with Gasteiger partial charge in [0.1, 0.15) is 6.54 Å². The van der Waals surface area contributed by atoms with E-state index in [1.165, 1.54) is 24.3 Å². The van der Waals surface area contributed by atoms with E-state index in [9.17, 15) is 19.2 Å². The van der Waals surface area contributed by atoms with Crippen molar-refractivity contribution in [3.63, 3.8) is 0 Å². The number of hydrogen-bond acceptors (Lipinski definition) is 7. The van der Waals surface area contributed by atoms with E-state index in [2.05, 4.69) is 10.4 Å². The number of nitrogens with zero attached hydrogens (tertiary/aromatic N) is 2. The number of ether oxygens (including phenoxy) is 1. The van der Waals surface area contributed by atoms with Crippen LogP contribution in [-0.2, 0) is 27.4 Å². The normalized spacial score (nSPS) is 11.8.